The SMILES string of the molecule is C#Cc1c(F)ccc2cc(O)cc(-c3c(F)c4nc(OC[C@@]56CCCN5C[C@H](F)C6)nc(N5C[C@H]6CC[C@@H](C5)N6CC(O)CC(F)(F)F)c4c4cn(C)nc34)c12. The Morgan fingerprint density at radius 2 is 1.84 bits per heavy atom. The summed E-state index contributed by atoms with van der Waals surface area (Å²) in [4.78, 5) is 15.5. The molecule has 294 valence electrons. The number of aromatic nitrogens is 4. The van der Waals surface area contributed by atoms with Crippen molar-refractivity contribution in [2.45, 2.75) is 74.6 Å². The molecule has 5 aromatic rings. The second kappa shape index (κ2) is 13.4. The number of nitrogens with zero attached hydrogens (tertiary/aromatic N) is 7. The molecule has 0 saturated carbocycles. The molecule has 1 unspecified atom stereocenters. The summed E-state index contributed by atoms with van der Waals surface area (Å²) in [5.74, 6) is 0.947. The molecule has 0 radical (unpaired) electrons. The first-order valence-electron chi connectivity index (χ1n) is 18.8. The van der Waals surface area contributed by atoms with Gasteiger partial charge in [0.05, 0.1) is 29.0 Å². The fourth-order valence-corrected chi connectivity index (χ4v) is 9.90. The smallest absolute Gasteiger partial charge is 0.391 e. The monoisotopic (exact) mass is 779 g/mol. The molecule has 6 heterocycles. The number of anilines is 1. The van der Waals surface area contributed by atoms with Gasteiger partial charge in [-0.25, -0.2) is 13.2 Å². The molecule has 9 rings (SSSR count). The number of hydrogen-bond acceptors (Lipinski definition) is 9. The van der Waals surface area contributed by atoms with Gasteiger partial charge in [0, 0.05) is 74.3 Å². The Labute approximate surface area is 317 Å². The molecular formula is C40H39F6N7O3. The van der Waals surface area contributed by atoms with Crippen molar-refractivity contribution in [3.8, 4) is 35.2 Å². The van der Waals surface area contributed by atoms with Gasteiger partial charge in [-0.2, -0.15) is 28.2 Å². The standard InChI is InChI=1S/C40H39F6N7O3/c1-3-27-30(42)8-5-21-11-25(54)12-28(31(21)27)32-34(43)36-33(29-19-50(2)49-35(29)32)37(48-38(47-36)56-20-39-9-4-10-52(39)15-22(41)13-39)51-16-23-6-7-24(17-51)53(23)18-26(55)14-40(44,45)46/h1,5,8,11-12,19,22-24,26,54-55H,4,6-7,9-10,13-18,20H2,2H3/t22-,23-,24+,26?,39+/m1/s1. The molecule has 0 spiro atoms. The van der Waals surface area contributed by atoms with Gasteiger partial charge >= 0.3 is 12.2 Å². The highest BCUT2D eigenvalue weighted by atomic mass is 19.4. The summed E-state index contributed by atoms with van der Waals surface area (Å²) in [6, 6.07) is 4.76. The summed E-state index contributed by atoms with van der Waals surface area (Å²) in [6.45, 7) is 1.59. The van der Waals surface area contributed by atoms with E-state index < -0.39 is 42.0 Å². The molecule has 16 heteroatoms. The van der Waals surface area contributed by atoms with Crippen LogP contribution in [0.15, 0.2) is 30.5 Å². The molecule has 56 heavy (non-hydrogen) atoms. The number of alkyl halides is 4. The van der Waals surface area contributed by atoms with Gasteiger partial charge in [-0.15, -0.1) is 6.42 Å². The van der Waals surface area contributed by atoms with Crippen LogP contribution in [0.2, 0.25) is 0 Å². The molecule has 2 aromatic heterocycles. The van der Waals surface area contributed by atoms with Gasteiger partial charge in [-0.05, 0) is 61.4 Å². The van der Waals surface area contributed by atoms with E-state index in [4.69, 9.17) is 16.1 Å². The van der Waals surface area contributed by atoms with Crippen molar-refractivity contribution in [1.29, 1.82) is 0 Å². The lowest BCUT2D eigenvalue weighted by Crippen LogP contribution is -2.56. The van der Waals surface area contributed by atoms with E-state index in [2.05, 4.69) is 20.9 Å². The van der Waals surface area contributed by atoms with Gasteiger partial charge in [0.2, 0.25) is 0 Å². The molecule has 0 aliphatic carbocycles. The normalized spacial score (nSPS) is 24.8. The van der Waals surface area contributed by atoms with Gasteiger partial charge < -0.3 is 19.8 Å². The molecule has 0 amide bonds. The fourth-order valence-electron chi connectivity index (χ4n) is 9.90. The molecule has 2 N–H and O–H groups in total. The molecule has 2 bridgehead atoms. The minimum absolute atomic E-state index is 0.0695. The summed E-state index contributed by atoms with van der Waals surface area (Å²) in [5.41, 5.74) is -0.624. The maximum Gasteiger partial charge on any atom is 0.391 e. The largest absolute Gasteiger partial charge is 0.508 e. The zero-order valence-corrected chi connectivity index (χ0v) is 30.5. The quantitative estimate of drug-likeness (QED) is 0.140. The van der Waals surface area contributed by atoms with E-state index in [9.17, 15) is 27.8 Å². The van der Waals surface area contributed by atoms with Crippen LogP contribution in [0.4, 0.5) is 32.2 Å². The van der Waals surface area contributed by atoms with Crippen LogP contribution >= 0.6 is 0 Å². The number of aromatic hydroxyl groups is 1. The Balaban J connectivity index is 1.21. The highest BCUT2D eigenvalue weighted by Gasteiger charge is 2.50. The third-order valence-corrected chi connectivity index (χ3v) is 12.1. The van der Waals surface area contributed by atoms with Crippen molar-refractivity contribution in [3.63, 3.8) is 0 Å². The molecule has 5 atom stereocenters. The van der Waals surface area contributed by atoms with Crippen molar-refractivity contribution in [3.05, 3.63) is 47.7 Å². The number of aliphatic hydroxyl groups excluding tert-OH is 1. The Hall–Kier alpha value is -4.85. The predicted molar refractivity (Wildman–Crippen MR) is 197 cm³/mol. The second-order valence-corrected chi connectivity index (χ2v) is 15.8. The van der Waals surface area contributed by atoms with Crippen molar-refractivity contribution >= 4 is 38.4 Å². The number of aliphatic hydroxyl groups is 1. The highest BCUT2D eigenvalue weighted by molar-refractivity contribution is 6.18. The average Bonchev–Trinajstić information content (AvgIpc) is 3.84. The van der Waals surface area contributed by atoms with E-state index in [-0.39, 0.29) is 76.5 Å². The summed E-state index contributed by atoms with van der Waals surface area (Å²) < 4.78 is 94.8. The Morgan fingerprint density at radius 1 is 1.07 bits per heavy atom. The molecule has 4 aliphatic rings. The van der Waals surface area contributed by atoms with Crippen LogP contribution < -0.4 is 9.64 Å². The first kappa shape index (κ1) is 36.8. The van der Waals surface area contributed by atoms with Crippen molar-refractivity contribution < 1.29 is 41.3 Å². The van der Waals surface area contributed by atoms with Crippen molar-refractivity contribution in [2.75, 3.05) is 44.2 Å². The minimum Gasteiger partial charge on any atom is -0.508 e. The fraction of sp³-hybridized carbons (Fsp3) is 0.475. The van der Waals surface area contributed by atoms with Crippen molar-refractivity contribution in [1.82, 2.24) is 29.5 Å². The summed E-state index contributed by atoms with van der Waals surface area (Å²) in [5, 5.41) is 27.2. The Kier molecular flexibility index (Phi) is 8.79. The molecule has 4 fully saturated rings. The van der Waals surface area contributed by atoms with Gasteiger partial charge in [0.25, 0.3) is 0 Å². The van der Waals surface area contributed by atoms with Gasteiger partial charge in [-0.3, -0.25) is 14.5 Å². The molecule has 3 aromatic carbocycles. The zero-order valence-electron chi connectivity index (χ0n) is 30.5. The molecular weight excluding hydrogens is 740 g/mol. The molecule has 10 nitrogen and oxygen atoms in total. The number of terminal acetylenes is 1. The summed E-state index contributed by atoms with van der Waals surface area (Å²) in [6.07, 6.45) is 2.29. The van der Waals surface area contributed by atoms with Crippen LogP contribution in [0, 0.1) is 24.0 Å². The van der Waals surface area contributed by atoms with E-state index in [1.54, 1.807) is 13.2 Å². The maximum atomic E-state index is 17.7. The van der Waals surface area contributed by atoms with E-state index >= 15 is 8.78 Å². The number of piperazine rings is 1. The third-order valence-electron chi connectivity index (χ3n) is 12.1. The third kappa shape index (κ3) is 6.15. The van der Waals surface area contributed by atoms with Gasteiger partial charge in [0.1, 0.15) is 41.2 Å². The van der Waals surface area contributed by atoms with Crippen LogP contribution in [0.3, 0.4) is 0 Å². The van der Waals surface area contributed by atoms with E-state index in [1.165, 1.54) is 28.9 Å². The topological polar surface area (TPSA) is 103 Å². The van der Waals surface area contributed by atoms with E-state index in [0.717, 1.165) is 13.0 Å². The maximum absolute atomic E-state index is 17.7. The zero-order chi connectivity index (χ0) is 39.3. The number of phenols is 1. The lowest BCUT2D eigenvalue weighted by atomic mass is 9.91. The van der Waals surface area contributed by atoms with Crippen LogP contribution in [0.25, 0.3) is 43.7 Å². The van der Waals surface area contributed by atoms with Crippen LogP contribution in [-0.4, -0.2) is 115 Å². The van der Waals surface area contributed by atoms with Crippen LogP contribution in [0.1, 0.15) is 44.1 Å². The minimum atomic E-state index is -4.51. The number of halogens is 6. The van der Waals surface area contributed by atoms with E-state index in [1.807, 2.05) is 9.80 Å². The predicted octanol–water partition coefficient (Wildman–Crippen LogP) is 6.22. The number of fused-ring (bicyclic) bond motifs is 7. The highest BCUT2D eigenvalue weighted by Crippen LogP contribution is 2.46. The number of ether oxygens (including phenoxy) is 1. The van der Waals surface area contributed by atoms with Gasteiger partial charge in [0.15, 0.2) is 5.82 Å². The molecule has 4 saturated heterocycles. The van der Waals surface area contributed by atoms with Crippen molar-refractivity contribution in [2.24, 2.45) is 7.05 Å². The second-order valence-electron chi connectivity index (χ2n) is 15.8. The Morgan fingerprint density at radius 3 is 2.57 bits per heavy atom. The van der Waals surface area contributed by atoms with Crippen LogP contribution in [0.5, 0.6) is 11.8 Å². The number of benzene rings is 3. The lowest BCUT2D eigenvalue weighted by molar-refractivity contribution is -0.156. The lowest BCUT2D eigenvalue weighted by Gasteiger charge is -2.42. The average molecular weight is 780 g/mol. The first-order valence-corrected chi connectivity index (χ1v) is 18.8. The van der Waals surface area contributed by atoms with Gasteiger partial charge in [-0.1, -0.05) is 12.0 Å². The Bertz CT molecular complexity index is 2420. The number of phenolic OH excluding ortho intramolecular Hbond substituents is 1. The van der Waals surface area contributed by atoms with Crippen LogP contribution in [-0.2, 0) is 7.05 Å². The first-order chi connectivity index (χ1) is 26.7. The number of aryl methyl sites for hydroxylation is 1. The summed E-state index contributed by atoms with van der Waals surface area (Å²) >= 11 is 0. The number of hydrogen-bond donors (Lipinski definition) is 2. The molecule has 4 aliphatic heterocycles. The number of rotatable bonds is 8. The summed E-state index contributed by atoms with van der Waals surface area (Å²) in [7, 11) is 1.66. The van der Waals surface area contributed by atoms with E-state index in [0.29, 0.717) is 60.9 Å².